The molecule has 4 rings (SSSR count). The Kier molecular flexibility index (Phi) is 6.54. The highest BCUT2D eigenvalue weighted by Gasteiger charge is 2.25. The molecular formula is C18H22N6O4S. The lowest BCUT2D eigenvalue weighted by Crippen LogP contribution is -2.46. The molecule has 0 unspecified atom stereocenters. The number of hydrogen-bond acceptors (Lipinski definition) is 7. The van der Waals surface area contributed by atoms with E-state index in [1.54, 1.807) is 24.3 Å². The lowest BCUT2D eigenvalue weighted by molar-refractivity contribution is 0.0696. The molecule has 0 spiro atoms. The van der Waals surface area contributed by atoms with Crippen molar-refractivity contribution in [1.29, 1.82) is 0 Å². The number of benzene rings is 1. The standard InChI is InChI=1S/C11H17N3O2S.C7H5N3O2/c12-9-10-1-3-11(4-2-10)17(15,16)14-7-5-13-6-8-14;11-7(12)5-1-4-3-9-10-6(4)8-2-5/h1-4,13H,5-9,12H2;1-3H,(H,11,12)(H,8,9,10). The Balaban J connectivity index is 0.000000176. The van der Waals surface area contributed by atoms with Crippen LogP contribution in [0.5, 0.6) is 0 Å². The smallest absolute Gasteiger partial charge is 0.337 e. The molecule has 11 heteroatoms. The van der Waals surface area contributed by atoms with Crippen molar-refractivity contribution in [3.63, 3.8) is 0 Å². The van der Waals surface area contributed by atoms with Crippen molar-refractivity contribution in [2.24, 2.45) is 5.73 Å². The van der Waals surface area contributed by atoms with Crippen LogP contribution in [0.3, 0.4) is 0 Å². The number of rotatable bonds is 4. The number of nitrogens with two attached hydrogens (primary N) is 1. The summed E-state index contributed by atoms with van der Waals surface area (Å²) in [4.78, 5) is 14.7. The minimum absolute atomic E-state index is 0.170. The van der Waals surface area contributed by atoms with E-state index in [9.17, 15) is 13.2 Å². The molecule has 1 aromatic carbocycles. The molecule has 10 nitrogen and oxygen atoms in total. The molecule has 0 aliphatic carbocycles. The van der Waals surface area contributed by atoms with Crippen molar-refractivity contribution in [3.05, 3.63) is 53.9 Å². The molecule has 1 aliphatic rings. The first-order valence-electron chi connectivity index (χ1n) is 8.94. The summed E-state index contributed by atoms with van der Waals surface area (Å²) in [6.45, 7) is 2.90. The zero-order valence-electron chi connectivity index (χ0n) is 15.6. The first-order valence-corrected chi connectivity index (χ1v) is 10.4. The molecule has 1 fully saturated rings. The number of hydrogen-bond donors (Lipinski definition) is 4. The third kappa shape index (κ3) is 4.95. The number of aromatic amines is 1. The van der Waals surface area contributed by atoms with E-state index in [2.05, 4.69) is 20.5 Å². The number of aromatic carboxylic acids is 1. The average molecular weight is 418 g/mol. The van der Waals surface area contributed by atoms with E-state index in [4.69, 9.17) is 10.8 Å². The van der Waals surface area contributed by atoms with E-state index in [1.807, 2.05) is 0 Å². The first kappa shape index (κ1) is 20.9. The lowest BCUT2D eigenvalue weighted by atomic mass is 10.2. The van der Waals surface area contributed by atoms with Gasteiger partial charge in [0.05, 0.1) is 16.7 Å². The summed E-state index contributed by atoms with van der Waals surface area (Å²) in [5.74, 6) is -0.981. The molecule has 0 amide bonds. The van der Waals surface area contributed by atoms with Crippen molar-refractivity contribution in [2.45, 2.75) is 11.4 Å². The summed E-state index contributed by atoms with van der Waals surface area (Å²) in [5, 5.41) is 18.8. The number of piperazine rings is 1. The monoisotopic (exact) mass is 418 g/mol. The van der Waals surface area contributed by atoms with Gasteiger partial charge in [-0.3, -0.25) is 5.10 Å². The second-order valence-electron chi connectivity index (χ2n) is 6.34. The van der Waals surface area contributed by atoms with Crippen LogP contribution in [0.4, 0.5) is 0 Å². The Morgan fingerprint density at radius 3 is 2.48 bits per heavy atom. The molecule has 0 bridgehead atoms. The Labute approximate surface area is 167 Å². The van der Waals surface area contributed by atoms with Gasteiger partial charge in [0.1, 0.15) is 0 Å². The lowest BCUT2D eigenvalue weighted by Gasteiger charge is -2.26. The summed E-state index contributed by atoms with van der Waals surface area (Å²) >= 11 is 0. The highest BCUT2D eigenvalue weighted by molar-refractivity contribution is 7.89. The second-order valence-corrected chi connectivity index (χ2v) is 8.28. The van der Waals surface area contributed by atoms with E-state index < -0.39 is 16.0 Å². The van der Waals surface area contributed by atoms with Gasteiger partial charge in [-0.25, -0.2) is 18.2 Å². The van der Waals surface area contributed by atoms with Gasteiger partial charge in [0.25, 0.3) is 0 Å². The molecule has 154 valence electrons. The van der Waals surface area contributed by atoms with E-state index in [0.29, 0.717) is 48.7 Å². The minimum Gasteiger partial charge on any atom is -0.478 e. The number of carboxylic acid groups (broad SMARTS) is 1. The van der Waals surface area contributed by atoms with Gasteiger partial charge in [-0.1, -0.05) is 12.1 Å². The summed E-state index contributed by atoms with van der Waals surface area (Å²) in [6.07, 6.45) is 2.83. The quantitative estimate of drug-likeness (QED) is 0.474. The van der Waals surface area contributed by atoms with Crippen LogP contribution < -0.4 is 11.1 Å². The maximum atomic E-state index is 12.3. The predicted octanol–water partition coefficient (Wildman–Crippen LogP) is 0.395. The summed E-state index contributed by atoms with van der Waals surface area (Å²) in [6, 6.07) is 8.29. The number of pyridine rings is 1. The van der Waals surface area contributed by atoms with Crippen molar-refractivity contribution in [1.82, 2.24) is 24.8 Å². The molecule has 0 atom stereocenters. The van der Waals surface area contributed by atoms with Crippen LogP contribution in [0, 0.1) is 0 Å². The summed E-state index contributed by atoms with van der Waals surface area (Å²) in [7, 11) is -3.33. The highest BCUT2D eigenvalue weighted by atomic mass is 32.2. The van der Waals surface area contributed by atoms with Crippen molar-refractivity contribution in [3.8, 4) is 0 Å². The molecule has 2 aromatic heterocycles. The number of carboxylic acids is 1. The number of nitrogens with zero attached hydrogens (tertiary/aromatic N) is 3. The van der Waals surface area contributed by atoms with Gasteiger partial charge in [-0.2, -0.15) is 9.40 Å². The predicted molar refractivity (Wildman–Crippen MR) is 107 cm³/mol. The van der Waals surface area contributed by atoms with Gasteiger partial charge in [-0.15, -0.1) is 0 Å². The summed E-state index contributed by atoms with van der Waals surface area (Å²) < 4.78 is 26.0. The van der Waals surface area contributed by atoms with Crippen molar-refractivity contribution in [2.75, 3.05) is 26.2 Å². The number of carbonyl (C=O) groups is 1. The Bertz CT molecular complexity index is 1080. The third-order valence-electron chi connectivity index (χ3n) is 4.41. The Hall–Kier alpha value is -2.86. The van der Waals surface area contributed by atoms with Gasteiger partial charge < -0.3 is 16.2 Å². The van der Waals surface area contributed by atoms with Crippen LogP contribution >= 0.6 is 0 Å². The Morgan fingerprint density at radius 1 is 1.17 bits per heavy atom. The fourth-order valence-corrected chi connectivity index (χ4v) is 4.23. The number of nitrogens with one attached hydrogen (secondary N) is 2. The normalized spacial score (nSPS) is 14.9. The molecule has 5 N–H and O–H groups in total. The largest absolute Gasteiger partial charge is 0.478 e. The van der Waals surface area contributed by atoms with Crippen LogP contribution in [0.15, 0.2) is 47.6 Å². The van der Waals surface area contributed by atoms with Gasteiger partial charge in [0, 0.05) is 44.3 Å². The van der Waals surface area contributed by atoms with Crippen LogP contribution in [0.1, 0.15) is 15.9 Å². The second kappa shape index (κ2) is 9.09. The van der Waals surface area contributed by atoms with Gasteiger partial charge in [0.2, 0.25) is 10.0 Å². The van der Waals surface area contributed by atoms with Gasteiger partial charge in [0.15, 0.2) is 5.65 Å². The molecule has 1 saturated heterocycles. The average Bonchev–Trinajstić information content (AvgIpc) is 3.23. The van der Waals surface area contributed by atoms with Gasteiger partial charge >= 0.3 is 5.97 Å². The van der Waals surface area contributed by atoms with Crippen LogP contribution in [-0.2, 0) is 16.6 Å². The molecule has 1 aliphatic heterocycles. The number of H-pyrrole nitrogens is 1. The van der Waals surface area contributed by atoms with E-state index in [0.717, 1.165) is 5.56 Å². The molecule has 29 heavy (non-hydrogen) atoms. The van der Waals surface area contributed by atoms with Crippen molar-refractivity contribution >= 4 is 27.0 Å². The molecular weight excluding hydrogens is 396 g/mol. The van der Waals surface area contributed by atoms with Gasteiger partial charge in [-0.05, 0) is 23.8 Å². The zero-order valence-corrected chi connectivity index (χ0v) is 16.4. The number of sulfonamides is 1. The fraction of sp³-hybridized carbons (Fsp3) is 0.278. The maximum absolute atomic E-state index is 12.3. The highest BCUT2D eigenvalue weighted by Crippen LogP contribution is 2.16. The zero-order chi connectivity index (χ0) is 20.9. The van der Waals surface area contributed by atoms with E-state index >= 15 is 0 Å². The first-order chi connectivity index (χ1) is 13.9. The topological polar surface area (TPSA) is 154 Å². The third-order valence-corrected chi connectivity index (χ3v) is 6.32. The molecule has 0 saturated carbocycles. The minimum atomic E-state index is -3.33. The van der Waals surface area contributed by atoms with Crippen molar-refractivity contribution < 1.29 is 18.3 Å². The number of aromatic nitrogens is 3. The Morgan fingerprint density at radius 2 is 1.86 bits per heavy atom. The maximum Gasteiger partial charge on any atom is 0.337 e. The molecule has 0 radical (unpaired) electrons. The molecule has 3 aromatic rings. The van der Waals surface area contributed by atoms with E-state index in [-0.39, 0.29) is 5.56 Å². The SMILES string of the molecule is NCc1ccc(S(=O)(=O)N2CCNCC2)cc1.O=C(O)c1cnc2[nH]ncc2c1. The summed E-state index contributed by atoms with van der Waals surface area (Å²) in [5.41, 5.74) is 7.19. The fourth-order valence-electron chi connectivity index (χ4n) is 2.78. The van der Waals surface area contributed by atoms with Crippen LogP contribution in [-0.4, -0.2) is 65.2 Å². The van der Waals surface area contributed by atoms with E-state index in [1.165, 1.54) is 22.8 Å². The number of fused-ring (bicyclic) bond motifs is 1. The van der Waals surface area contributed by atoms with Crippen LogP contribution in [0.2, 0.25) is 0 Å². The van der Waals surface area contributed by atoms with Crippen LogP contribution in [0.25, 0.3) is 11.0 Å². The molecule has 3 heterocycles.